The molecule has 8 heteroatoms. The lowest BCUT2D eigenvalue weighted by Gasteiger charge is -2.39. The second-order valence-corrected chi connectivity index (χ2v) is 21.7. The summed E-state index contributed by atoms with van der Waals surface area (Å²) in [7, 11) is 0. The first kappa shape index (κ1) is 47.3. The summed E-state index contributed by atoms with van der Waals surface area (Å²) in [4.78, 5) is 102. The lowest BCUT2D eigenvalue weighted by atomic mass is 9.59. The first-order chi connectivity index (χ1) is 39.3. The molecule has 8 unspecified atom stereocenters. The first-order valence-corrected chi connectivity index (χ1v) is 27.2. The zero-order valence-electron chi connectivity index (χ0n) is 43.1. The largest absolute Gasteiger partial charge is 0.297 e. The molecule has 382 valence electrons. The van der Waals surface area contributed by atoms with Gasteiger partial charge < -0.3 is 0 Å². The van der Waals surface area contributed by atoms with Gasteiger partial charge in [-0.2, -0.15) is 0 Å². The van der Waals surface area contributed by atoms with Gasteiger partial charge in [0.1, 0.15) is 0 Å². The molecule has 2 heterocycles. The normalized spacial score (nSPS) is 27.2. The van der Waals surface area contributed by atoms with E-state index in [1.165, 1.54) is 0 Å². The standard InChI is InChI=1S/C72H48N2O6/c75-63-59-60(70(50-37-19-6-20-38-50)56(46-29-11-2-12-30-46)55(45-27-9-1-10-28-45)69(59,67(70)79)49-35-17-5-18-36-49)64(76)73(63)53-43-25-26-44-54(53)74-65(77)61-62(66(74)78)72(52-41-23-8-24-42-52)58(48-33-15-4-16-34-48)57(47-31-13-3-14-32-47)71(61,68(72)80)51-39-21-7-22-40-51/h1-44,59-62H. The van der Waals surface area contributed by atoms with E-state index in [4.69, 9.17) is 0 Å². The maximum Gasteiger partial charge on any atom is 0.239 e. The minimum absolute atomic E-state index is 0.0279. The van der Waals surface area contributed by atoms with Gasteiger partial charge in [0, 0.05) is 0 Å². The minimum atomic E-state index is -1.70. The minimum Gasteiger partial charge on any atom is -0.297 e. The Balaban J connectivity index is 0.968. The maximum absolute atomic E-state index is 16.8. The number of benzene rings is 9. The summed E-state index contributed by atoms with van der Waals surface area (Å²) in [6.07, 6.45) is 0. The first-order valence-electron chi connectivity index (χ1n) is 27.2. The van der Waals surface area contributed by atoms with E-state index in [9.17, 15) is 0 Å². The lowest BCUT2D eigenvalue weighted by Crippen LogP contribution is -2.47. The predicted octanol–water partition coefficient (Wildman–Crippen LogP) is 12.1. The number of carbonyl (C=O) groups is 6. The highest BCUT2D eigenvalue weighted by atomic mass is 16.2. The van der Waals surface area contributed by atoms with Crippen molar-refractivity contribution in [3.63, 3.8) is 0 Å². The van der Waals surface area contributed by atoms with Gasteiger partial charge >= 0.3 is 0 Å². The molecule has 0 N–H and O–H groups in total. The number of anilines is 2. The summed E-state index contributed by atoms with van der Waals surface area (Å²) in [6, 6.07) is 82.7. The van der Waals surface area contributed by atoms with E-state index in [0.29, 0.717) is 44.5 Å². The Hall–Kier alpha value is -9.92. The van der Waals surface area contributed by atoms with Crippen LogP contribution in [0.1, 0.15) is 44.5 Å². The second-order valence-electron chi connectivity index (χ2n) is 21.7. The lowest BCUT2D eigenvalue weighted by molar-refractivity contribution is -0.130. The number of ketones is 2. The highest BCUT2D eigenvalue weighted by Crippen LogP contribution is 2.77. The van der Waals surface area contributed by atoms with E-state index in [0.717, 1.165) is 32.1 Å². The fourth-order valence-corrected chi connectivity index (χ4v) is 16.0. The molecule has 8 nitrogen and oxygen atoms in total. The molecule has 9 aromatic rings. The van der Waals surface area contributed by atoms with Gasteiger partial charge in [0.05, 0.1) is 56.7 Å². The van der Waals surface area contributed by atoms with Crippen molar-refractivity contribution in [2.75, 3.05) is 9.80 Å². The quantitative estimate of drug-likeness (QED) is 0.126. The number of para-hydroxylation sites is 2. The van der Waals surface area contributed by atoms with E-state index in [1.807, 2.05) is 243 Å². The zero-order chi connectivity index (χ0) is 54.1. The monoisotopic (exact) mass is 1040 g/mol. The van der Waals surface area contributed by atoms with Crippen LogP contribution in [0, 0.1) is 23.7 Å². The Kier molecular flexibility index (Phi) is 10.2. The second kappa shape index (κ2) is 17.3. The number of amides is 4. The molecule has 0 spiro atoms. The predicted molar refractivity (Wildman–Crippen MR) is 307 cm³/mol. The van der Waals surface area contributed by atoms with Crippen LogP contribution in [0.15, 0.2) is 267 Å². The molecule has 4 aliphatic carbocycles. The van der Waals surface area contributed by atoms with Gasteiger partial charge in [0.15, 0.2) is 11.6 Å². The van der Waals surface area contributed by atoms with Crippen LogP contribution in [0.3, 0.4) is 0 Å². The van der Waals surface area contributed by atoms with Crippen molar-refractivity contribution >= 4 is 68.9 Å². The van der Waals surface area contributed by atoms with Crippen molar-refractivity contribution in [2.24, 2.45) is 23.7 Å². The van der Waals surface area contributed by atoms with Crippen LogP contribution in [0.5, 0.6) is 0 Å². The third-order valence-corrected chi connectivity index (χ3v) is 18.5. The molecule has 8 atom stereocenters. The number of rotatable bonds is 10. The van der Waals surface area contributed by atoms with Crippen molar-refractivity contribution in [1.82, 2.24) is 0 Å². The molecule has 15 rings (SSSR count). The zero-order valence-corrected chi connectivity index (χ0v) is 43.1. The fourth-order valence-electron chi connectivity index (χ4n) is 16.0. The van der Waals surface area contributed by atoms with Gasteiger partial charge in [-0.15, -0.1) is 0 Å². The summed E-state index contributed by atoms with van der Waals surface area (Å²) < 4.78 is 0. The molecule has 2 saturated carbocycles. The molecule has 0 radical (unpaired) electrons. The number of hydrogen-bond donors (Lipinski definition) is 0. The number of hydrogen-bond acceptors (Lipinski definition) is 6. The highest BCUT2D eigenvalue weighted by molar-refractivity contribution is 6.42. The fraction of sp³-hybridized carbons (Fsp3) is 0.111. The average molecular weight is 1040 g/mol. The third-order valence-electron chi connectivity index (χ3n) is 18.5. The number of nitrogens with zero attached hydrogens (tertiary/aromatic N) is 2. The van der Waals surface area contributed by atoms with E-state index >= 15 is 28.8 Å². The van der Waals surface area contributed by atoms with Crippen LogP contribution in [0.25, 0.3) is 22.3 Å². The molecule has 4 bridgehead atoms. The maximum atomic E-state index is 16.8. The van der Waals surface area contributed by atoms with Gasteiger partial charge in [0.2, 0.25) is 23.6 Å². The molecule has 2 aliphatic heterocycles. The van der Waals surface area contributed by atoms with Gasteiger partial charge in [0.25, 0.3) is 0 Å². The van der Waals surface area contributed by atoms with Crippen LogP contribution in [-0.2, 0) is 50.4 Å². The summed E-state index contributed by atoms with van der Waals surface area (Å²) in [5.74, 6) is -8.12. The van der Waals surface area contributed by atoms with Crippen molar-refractivity contribution in [1.29, 1.82) is 0 Å². The van der Waals surface area contributed by atoms with Crippen LogP contribution in [0.4, 0.5) is 11.4 Å². The van der Waals surface area contributed by atoms with Crippen LogP contribution >= 0.6 is 0 Å². The third kappa shape index (κ3) is 5.64. The molecule has 6 aliphatic rings. The molecular formula is C72H48N2O6. The molecule has 2 saturated heterocycles. The topological polar surface area (TPSA) is 109 Å². The summed E-state index contributed by atoms with van der Waals surface area (Å²) in [5.41, 5.74) is 1.10. The van der Waals surface area contributed by atoms with E-state index in [1.54, 1.807) is 24.3 Å². The van der Waals surface area contributed by atoms with Gasteiger partial charge in [-0.1, -0.05) is 255 Å². The Labute approximate surface area is 462 Å². The number of imide groups is 2. The smallest absolute Gasteiger partial charge is 0.239 e. The molecule has 0 aromatic heterocycles. The Morgan fingerprint density at radius 1 is 0.225 bits per heavy atom. The molecule has 80 heavy (non-hydrogen) atoms. The highest BCUT2D eigenvalue weighted by Gasteiger charge is 2.85. The summed E-state index contributed by atoms with van der Waals surface area (Å²) in [6.45, 7) is 0. The summed E-state index contributed by atoms with van der Waals surface area (Å²) >= 11 is 0. The van der Waals surface area contributed by atoms with Gasteiger partial charge in [-0.3, -0.25) is 28.8 Å². The van der Waals surface area contributed by atoms with Gasteiger partial charge in [-0.05, 0) is 78.9 Å². The number of carbonyl (C=O) groups excluding carboxylic acids is 6. The molecule has 4 fully saturated rings. The number of allylic oxidation sites excluding steroid dienone is 4. The molecule has 4 amide bonds. The molecular weight excluding hydrogens is 989 g/mol. The SMILES string of the molecule is O=C1C2C(C(=O)N1c1ccccc1N1C(=O)C3C(C1=O)C1(c4ccccc4)C(=O)C3(c3ccccc3)C(c3ccccc3)=C1c1ccccc1)C1(c3ccccc3)C(=O)C2(c2ccccc2)C(c2ccccc2)=C1c1ccccc1. The van der Waals surface area contributed by atoms with E-state index < -0.39 is 69.0 Å². The number of fused-ring (bicyclic) bond motifs is 10. The molecule has 9 aromatic carbocycles. The number of Topliss-reactive ketones (excluding diaryl/α,β-unsaturated/α-hetero) is 2. The van der Waals surface area contributed by atoms with Crippen LogP contribution in [-0.4, -0.2) is 35.2 Å². The van der Waals surface area contributed by atoms with Gasteiger partial charge in [-0.25, -0.2) is 9.80 Å². The Morgan fingerprint density at radius 3 is 0.600 bits per heavy atom. The Morgan fingerprint density at radius 2 is 0.400 bits per heavy atom. The van der Waals surface area contributed by atoms with Crippen molar-refractivity contribution in [3.8, 4) is 0 Å². The van der Waals surface area contributed by atoms with E-state index in [2.05, 4.69) is 0 Å². The van der Waals surface area contributed by atoms with Crippen molar-refractivity contribution < 1.29 is 28.8 Å². The van der Waals surface area contributed by atoms with E-state index in [-0.39, 0.29) is 22.9 Å². The van der Waals surface area contributed by atoms with Crippen molar-refractivity contribution in [3.05, 3.63) is 311 Å². The Bertz CT molecular complexity index is 3640. The summed E-state index contributed by atoms with van der Waals surface area (Å²) in [5, 5.41) is 0. The van der Waals surface area contributed by atoms with Crippen LogP contribution in [0.2, 0.25) is 0 Å². The average Bonchev–Trinajstić information content (AvgIpc) is 1.79. The van der Waals surface area contributed by atoms with Crippen LogP contribution < -0.4 is 9.80 Å². The van der Waals surface area contributed by atoms with Crippen molar-refractivity contribution in [2.45, 2.75) is 21.7 Å².